The zero-order valence-electron chi connectivity index (χ0n) is 15.5. The van der Waals surface area contributed by atoms with Crippen molar-refractivity contribution >= 4 is 21.9 Å². The summed E-state index contributed by atoms with van der Waals surface area (Å²) in [5.74, 6) is 2.17. The number of ether oxygens (including phenoxy) is 2. The third-order valence-electron chi connectivity index (χ3n) is 3.72. The van der Waals surface area contributed by atoms with Crippen LogP contribution in [-0.2, 0) is 13.1 Å². The molecule has 0 aliphatic heterocycles. The van der Waals surface area contributed by atoms with Crippen molar-refractivity contribution in [2.45, 2.75) is 26.4 Å². The van der Waals surface area contributed by atoms with Crippen LogP contribution in [0.2, 0.25) is 0 Å². The molecule has 0 atom stereocenters. The number of aliphatic imine (C=N–C) groups is 1. The van der Waals surface area contributed by atoms with E-state index >= 15 is 0 Å². The van der Waals surface area contributed by atoms with Gasteiger partial charge in [-0.15, -0.1) is 0 Å². The fourth-order valence-corrected chi connectivity index (χ4v) is 2.85. The Morgan fingerprint density at radius 3 is 2.65 bits per heavy atom. The Morgan fingerprint density at radius 1 is 1.23 bits per heavy atom. The van der Waals surface area contributed by atoms with Crippen molar-refractivity contribution in [2.24, 2.45) is 4.99 Å². The first kappa shape index (κ1) is 20.1. The molecule has 0 saturated carbocycles. The second-order valence-electron chi connectivity index (χ2n) is 5.54. The zero-order valence-corrected chi connectivity index (χ0v) is 17.0. The van der Waals surface area contributed by atoms with Crippen LogP contribution in [0.15, 0.2) is 40.1 Å². The highest BCUT2D eigenvalue weighted by molar-refractivity contribution is 9.10. The van der Waals surface area contributed by atoms with Crippen LogP contribution in [0.3, 0.4) is 0 Å². The van der Waals surface area contributed by atoms with Crippen LogP contribution in [0.4, 0.5) is 0 Å². The van der Waals surface area contributed by atoms with E-state index in [9.17, 15) is 0 Å². The maximum atomic E-state index is 5.37. The normalized spacial score (nSPS) is 11.3. The SMILES string of the molecule is CCNC(=NCc1cc(OC)c(OC)cc1Br)NCCCn1cccn1. The Balaban J connectivity index is 1.95. The van der Waals surface area contributed by atoms with Crippen LogP contribution in [0.5, 0.6) is 11.5 Å². The van der Waals surface area contributed by atoms with E-state index in [-0.39, 0.29) is 0 Å². The molecule has 1 aromatic carbocycles. The number of aromatic nitrogens is 2. The van der Waals surface area contributed by atoms with E-state index in [1.165, 1.54) is 0 Å². The molecule has 0 aliphatic carbocycles. The topological polar surface area (TPSA) is 72.7 Å². The summed E-state index contributed by atoms with van der Waals surface area (Å²) >= 11 is 3.57. The molecule has 2 aromatic rings. The predicted molar refractivity (Wildman–Crippen MR) is 107 cm³/mol. The largest absolute Gasteiger partial charge is 0.493 e. The summed E-state index contributed by atoms with van der Waals surface area (Å²) in [6.45, 7) is 5.07. The zero-order chi connectivity index (χ0) is 18.8. The van der Waals surface area contributed by atoms with E-state index in [0.29, 0.717) is 18.0 Å². The highest BCUT2D eigenvalue weighted by Crippen LogP contribution is 2.33. The molecule has 8 heteroatoms. The fraction of sp³-hybridized carbons (Fsp3) is 0.444. The molecule has 0 amide bonds. The van der Waals surface area contributed by atoms with E-state index in [1.807, 2.05) is 36.0 Å². The first-order valence-corrected chi connectivity index (χ1v) is 9.37. The maximum absolute atomic E-state index is 5.37. The molecule has 0 saturated heterocycles. The molecule has 0 unspecified atom stereocenters. The van der Waals surface area contributed by atoms with Gasteiger partial charge in [-0.2, -0.15) is 5.10 Å². The minimum Gasteiger partial charge on any atom is -0.493 e. The second kappa shape index (κ2) is 10.7. The Kier molecular flexibility index (Phi) is 8.27. The van der Waals surface area contributed by atoms with Crippen molar-refractivity contribution in [3.05, 3.63) is 40.6 Å². The molecular formula is C18H26BrN5O2. The number of hydrogen-bond acceptors (Lipinski definition) is 4. The van der Waals surface area contributed by atoms with Gasteiger partial charge in [0.05, 0.1) is 20.8 Å². The molecule has 0 radical (unpaired) electrons. The average Bonchev–Trinajstić information content (AvgIpc) is 3.17. The van der Waals surface area contributed by atoms with Crippen molar-refractivity contribution in [3.63, 3.8) is 0 Å². The number of benzene rings is 1. The minimum absolute atomic E-state index is 0.523. The van der Waals surface area contributed by atoms with Crippen LogP contribution in [0, 0.1) is 0 Å². The molecule has 0 fully saturated rings. The third kappa shape index (κ3) is 5.94. The molecule has 2 rings (SSSR count). The van der Waals surface area contributed by atoms with E-state index < -0.39 is 0 Å². The predicted octanol–water partition coefficient (Wildman–Crippen LogP) is 2.81. The second-order valence-corrected chi connectivity index (χ2v) is 6.40. The summed E-state index contributed by atoms with van der Waals surface area (Å²) in [6.07, 6.45) is 4.72. The van der Waals surface area contributed by atoms with Crippen LogP contribution < -0.4 is 20.1 Å². The number of methoxy groups -OCH3 is 2. The Hall–Kier alpha value is -2.22. The van der Waals surface area contributed by atoms with Crippen molar-refractivity contribution in [1.82, 2.24) is 20.4 Å². The standard InChI is InChI=1S/C18H26BrN5O2/c1-4-20-18(21-7-5-9-24-10-6-8-23-24)22-13-14-11-16(25-2)17(26-3)12-15(14)19/h6,8,10-12H,4-5,7,9,13H2,1-3H3,(H2,20,21,22). The molecule has 1 heterocycles. The molecule has 0 bridgehead atoms. The van der Waals surface area contributed by atoms with Gasteiger partial charge in [-0.3, -0.25) is 4.68 Å². The van der Waals surface area contributed by atoms with Crippen molar-refractivity contribution in [2.75, 3.05) is 27.3 Å². The summed E-state index contributed by atoms with van der Waals surface area (Å²) in [6, 6.07) is 5.77. The summed E-state index contributed by atoms with van der Waals surface area (Å²) < 4.78 is 13.5. The maximum Gasteiger partial charge on any atom is 0.191 e. The summed E-state index contributed by atoms with van der Waals surface area (Å²) in [5, 5.41) is 10.8. The van der Waals surface area contributed by atoms with Gasteiger partial charge in [-0.1, -0.05) is 15.9 Å². The summed E-state index contributed by atoms with van der Waals surface area (Å²) in [7, 11) is 3.25. The van der Waals surface area contributed by atoms with E-state index in [2.05, 4.69) is 36.7 Å². The van der Waals surface area contributed by atoms with Gasteiger partial charge >= 0.3 is 0 Å². The number of halogens is 1. The van der Waals surface area contributed by atoms with Gasteiger partial charge in [0.2, 0.25) is 0 Å². The lowest BCUT2D eigenvalue weighted by atomic mass is 10.2. The van der Waals surface area contributed by atoms with Gasteiger partial charge in [-0.25, -0.2) is 4.99 Å². The van der Waals surface area contributed by atoms with Gasteiger partial charge in [-0.05, 0) is 37.1 Å². The van der Waals surface area contributed by atoms with Gasteiger partial charge in [0.25, 0.3) is 0 Å². The smallest absolute Gasteiger partial charge is 0.191 e. The quantitative estimate of drug-likeness (QED) is 0.368. The first-order valence-electron chi connectivity index (χ1n) is 8.58. The Morgan fingerprint density at radius 2 is 2.00 bits per heavy atom. The molecule has 0 spiro atoms. The van der Waals surface area contributed by atoms with Crippen molar-refractivity contribution in [3.8, 4) is 11.5 Å². The summed E-state index contributed by atoms with van der Waals surface area (Å²) in [5.41, 5.74) is 1.02. The number of hydrogen-bond donors (Lipinski definition) is 2. The van der Waals surface area contributed by atoms with Crippen LogP contribution >= 0.6 is 15.9 Å². The molecule has 142 valence electrons. The van der Waals surface area contributed by atoms with E-state index in [4.69, 9.17) is 9.47 Å². The molecule has 0 aliphatic rings. The van der Waals surface area contributed by atoms with Gasteiger partial charge in [0.15, 0.2) is 17.5 Å². The number of nitrogens with one attached hydrogen (secondary N) is 2. The van der Waals surface area contributed by atoms with Crippen molar-refractivity contribution in [1.29, 1.82) is 0 Å². The molecule has 7 nitrogen and oxygen atoms in total. The van der Waals surface area contributed by atoms with Crippen molar-refractivity contribution < 1.29 is 9.47 Å². The number of aryl methyl sites for hydroxylation is 1. The van der Waals surface area contributed by atoms with Crippen LogP contribution in [0.1, 0.15) is 18.9 Å². The lowest BCUT2D eigenvalue weighted by molar-refractivity contribution is 0.354. The van der Waals surface area contributed by atoms with Gasteiger partial charge in [0, 0.05) is 36.5 Å². The highest BCUT2D eigenvalue weighted by atomic mass is 79.9. The number of rotatable bonds is 9. The minimum atomic E-state index is 0.523. The average molecular weight is 424 g/mol. The van der Waals surface area contributed by atoms with Crippen LogP contribution in [0.25, 0.3) is 0 Å². The molecule has 2 N–H and O–H groups in total. The monoisotopic (exact) mass is 423 g/mol. The molecule has 1 aromatic heterocycles. The first-order chi connectivity index (χ1) is 12.7. The Bertz CT molecular complexity index is 704. The molecule has 26 heavy (non-hydrogen) atoms. The molecular weight excluding hydrogens is 398 g/mol. The van der Waals surface area contributed by atoms with Gasteiger partial charge in [0.1, 0.15) is 0 Å². The summed E-state index contributed by atoms with van der Waals surface area (Å²) in [4.78, 5) is 4.66. The van der Waals surface area contributed by atoms with E-state index in [0.717, 1.165) is 42.1 Å². The lowest BCUT2D eigenvalue weighted by Gasteiger charge is -2.13. The highest BCUT2D eigenvalue weighted by Gasteiger charge is 2.09. The Labute approximate surface area is 162 Å². The van der Waals surface area contributed by atoms with E-state index in [1.54, 1.807) is 20.4 Å². The lowest BCUT2D eigenvalue weighted by Crippen LogP contribution is -2.38. The van der Waals surface area contributed by atoms with Gasteiger partial charge < -0.3 is 20.1 Å². The fourth-order valence-electron chi connectivity index (χ4n) is 2.40. The van der Waals surface area contributed by atoms with Crippen LogP contribution in [-0.4, -0.2) is 43.0 Å². The third-order valence-corrected chi connectivity index (χ3v) is 4.46. The number of guanidine groups is 1. The number of nitrogens with zero attached hydrogens (tertiary/aromatic N) is 3.